The van der Waals surface area contributed by atoms with Crippen molar-refractivity contribution in [2.24, 2.45) is 0 Å². The van der Waals surface area contributed by atoms with Gasteiger partial charge in [0.1, 0.15) is 12.3 Å². The number of carbonyl (C=O) groups is 1. The van der Waals surface area contributed by atoms with Gasteiger partial charge in [-0.3, -0.25) is 0 Å². The molecule has 6 heteroatoms. The van der Waals surface area contributed by atoms with Crippen molar-refractivity contribution in [3.63, 3.8) is 0 Å². The first kappa shape index (κ1) is 12.6. The van der Waals surface area contributed by atoms with Crippen LogP contribution in [0.4, 0.5) is 4.39 Å². The van der Waals surface area contributed by atoms with Crippen LogP contribution >= 0.6 is 0 Å². The molecule has 0 radical (unpaired) electrons. The van der Waals surface area contributed by atoms with E-state index in [2.05, 4.69) is 10.3 Å². The molecule has 0 amide bonds. The molecule has 1 aromatic heterocycles. The Morgan fingerprint density at radius 3 is 2.62 bits per heavy atom. The standard InChI is InChI=1S/C10H16FN3O2/c1-7-8(9(15)16-10(2,3)4)12-13-14(7)6-5-11/h5-6H2,1-4H3. The SMILES string of the molecule is Cc1c(C(=O)OC(C)(C)C)nnn1CCF. The van der Waals surface area contributed by atoms with Crippen molar-refractivity contribution < 1.29 is 13.9 Å². The minimum Gasteiger partial charge on any atom is -0.455 e. The Hall–Kier alpha value is -1.46. The number of ether oxygens (including phenoxy) is 1. The van der Waals surface area contributed by atoms with E-state index in [0.29, 0.717) is 5.69 Å². The van der Waals surface area contributed by atoms with Crippen LogP contribution in [0.3, 0.4) is 0 Å². The van der Waals surface area contributed by atoms with Crippen LogP contribution < -0.4 is 0 Å². The summed E-state index contributed by atoms with van der Waals surface area (Å²) in [5, 5.41) is 7.37. The van der Waals surface area contributed by atoms with Crippen LogP contribution in [0.2, 0.25) is 0 Å². The molecule has 1 aromatic rings. The van der Waals surface area contributed by atoms with Gasteiger partial charge in [-0.1, -0.05) is 5.21 Å². The van der Waals surface area contributed by atoms with E-state index >= 15 is 0 Å². The number of aromatic nitrogens is 3. The average Bonchev–Trinajstić information content (AvgIpc) is 2.46. The number of halogens is 1. The van der Waals surface area contributed by atoms with E-state index in [1.807, 2.05) is 0 Å². The summed E-state index contributed by atoms with van der Waals surface area (Å²) >= 11 is 0. The summed E-state index contributed by atoms with van der Waals surface area (Å²) in [6, 6.07) is 0. The Morgan fingerprint density at radius 2 is 2.12 bits per heavy atom. The largest absolute Gasteiger partial charge is 0.455 e. The predicted molar refractivity (Wildman–Crippen MR) is 55.9 cm³/mol. The van der Waals surface area contributed by atoms with Gasteiger partial charge in [0.15, 0.2) is 5.69 Å². The first-order valence-corrected chi connectivity index (χ1v) is 5.04. The van der Waals surface area contributed by atoms with Crippen molar-refractivity contribution >= 4 is 5.97 Å². The van der Waals surface area contributed by atoms with E-state index in [1.54, 1.807) is 27.7 Å². The molecule has 0 unspecified atom stereocenters. The van der Waals surface area contributed by atoms with Gasteiger partial charge in [-0.15, -0.1) is 5.10 Å². The summed E-state index contributed by atoms with van der Waals surface area (Å²) in [5.41, 5.74) is 0.0863. The third-order valence-electron chi connectivity index (χ3n) is 1.87. The van der Waals surface area contributed by atoms with Crippen LogP contribution in [-0.2, 0) is 11.3 Å². The summed E-state index contributed by atoms with van der Waals surface area (Å²) in [6.45, 7) is 6.53. The number of hydrogen-bond acceptors (Lipinski definition) is 4. The number of rotatable bonds is 3. The topological polar surface area (TPSA) is 57.0 Å². The van der Waals surface area contributed by atoms with Crippen LogP contribution in [0.5, 0.6) is 0 Å². The minimum absolute atomic E-state index is 0.0988. The predicted octanol–water partition coefficient (Wildman–Crippen LogP) is 1.51. The maximum Gasteiger partial charge on any atom is 0.361 e. The van der Waals surface area contributed by atoms with Gasteiger partial charge in [0.25, 0.3) is 0 Å². The van der Waals surface area contributed by atoms with E-state index in [-0.39, 0.29) is 12.2 Å². The van der Waals surface area contributed by atoms with E-state index in [0.717, 1.165) is 0 Å². The second-order valence-corrected chi connectivity index (χ2v) is 4.44. The molecule has 0 aliphatic carbocycles. The molecule has 0 aromatic carbocycles. The maximum atomic E-state index is 12.1. The smallest absolute Gasteiger partial charge is 0.361 e. The maximum absolute atomic E-state index is 12.1. The zero-order valence-electron chi connectivity index (χ0n) is 9.95. The normalized spacial score (nSPS) is 11.6. The molecule has 0 saturated heterocycles. The molecule has 0 N–H and O–H groups in total. The van der Waals surface area contributed by atoms with Gasteiger partial charge in [0, 0.05) is 0 Å². The van der Waals surface area contributed by atoms with Gasteiger partial charge in [0.05, 0.1) is 12.2 Å². The highest BCUT2D eigenvalue weighted by molar-refractivity contribution is 5.88. The number of esters is 1. The van der Waals surface area contributed by atoms with Gasteiger partial charge in [-0.25, -0.2) is 13.9 Å². The number of carbonyl (C=O) groups excluding carboxylic acids is 1. The molecule has 1 heterocycles. The Labute approximate surface area is 93.6 Å². The lowest BCUT2D eigenvalue weighted by molar-refractivity contribution is 0.00618. The lowest BCUT2D eigenvalue weighted by atomic mass is 10.2. The molecule has 0 saturated carbocycles. The quantitative estimate of drug-likeness (QED) is 0.737. The lowest BCUT2D eigenvalue weighted by Gasteiger charge is -2.18. The van der Waals surface area contributed by atoms with Crippen molar-refractivity contribution in [3.8, 4) is 0 Å². The zero-order valence-corrected chi connectivity index (χ0v) is 9.95. The monoisotopic (exact) mass is 229 g/mol. The molecular formula is C10H16FN3O2. The van der Waals surface area contributed by atoms with Gasteiger partial charge < -0.3 is 4.74 Å². The molecule has 5 nitrogen and oxygen atoms in total. The highest BCUT2D eigenvalue weighted by Crippen LogP contribution is 2.12. The van der Waals surface area contributed by atoms with Crippen molar-refractivity contribution in [3.05, 3.63) is 11.4 Å². The summed E-state index contributed by atoms with van der Waals surface area (Å²) in [4.78, 5) is 11.7. The molecule has 0 atom stereocenters. The summed E-state index contributed by atoms with van der Waals surface area (Å²) < 4.78 is 18.6. The van der Waals surface area contributed by atoms with Crippen molar-refractivity contribution in [1.29, 1.82) is 0 Å². The molecule has 1 rings (SSSR count). The molecule has 16 heavy (non-hydrogen) atoms. The third kappa shape index (κ3) is 3.01. The number of alkyl halides is 1. The van der Waals surface area contributed by atoms with Gasteiger partial charge in [-0.2, -0.15) is 0 Å². The summed E-state index contributed by atoms with van der Waals surface area (Å²) in [6.07, 6.45) is 0. The molecule has 0 aliphatic heterocycles. The summed E-state index contributed by atoms with van der Waals surface area (Å²) in [7, 11) is 0. The molecule has 0 spiro atoms. The number of nitrogens with zero attached hydrogens (tertiary/aromatic N) is 3. The Bertz CT molecular complexity index is 382. The third-order valence-corrected chi connectivity index (χ3v) is 1.87. The molecule has 0 bridgehead atoms. The summed E-state index contributed by atoms with van der Waals surface area (Å²) in [5.74, 6) is -0.532. The zero-order chi connectivity index (χ0) is 12.3. The average molecular weight is 229 g/mol. The highest BCUT2D eigenvalue weighted by Gasteiger charge is 2.23. The Morgan fingerprint density at radius 1 is 1.50 bits per heavy atom. The molecular weight excluding hydrogens is 213 g/mol. The number of hydrogen-bond donors (Lipinski definition) is 0. The van der Waals surface area contributed by atoms with Crippen molar-refractivity contribution in [2.75, 3.05) is 6.67 Å². The molecule has 90 valence electrons. The Balaban J connectivity index is 2.84. The van der Waals surface area contributed by atoms with E-state index in [1.165, 1.54) is 4.68 Å². The highest BCUT2D eigenvalue weighted by atomic mass is 19.1. The van der Waals surface area contributed by atoms with Crippen LogP contribution in [0.1, 0.15) is 37.0 Å². The van der Waals surface area contributed by atoms with Gasteiger partial charge in [0.2, 0.25) is 0 Å². The van der Waals surface area contributed by atoms with Crippen LogP contribution in [0.15, 0.2) is 0 Å². The van der Waals surface area contributed by atoms with Gasteiger partial charge in [-0.05, 0) is 27.7 Å². The fourth-order valence-corrected chi connectivity index (χ4v) is 1.17. The fourth-order valence-electron chi connectivity index (χ4n) is 1.17. The van der Waals surface area contributed by atoms with Crippen molar-refractivity contribution in [2.45, 2.75) is 39.8 Å². The number of aryl methyl sites for hydroxylation is 1. The second-order valence-electron chi connectivity index (χ2n) is 4.44. The Kier molecular flexibility index (Phi) is 3.62. The van der Waals surface area contributed by atoms with E-state index < -0.39 is 18.2 Å². The van der Waals surface area contributed by atoms with E-state index in [4.69, 9.17) is 4.74 Å². The van der Waals surface area contributed by atoms with Crippen LogP contribution in [0.25, 0.3) is 0 Å². The first-order chi connectivity index (χ1) is 7.35. The van der Waals surface area contributed by atoms with Crippen molar-refractivity contribution in [1.82, 2.24) is 15.0 Å². The fraction of sp³-hybridized carbons (Fsp3) is 0.700. The first-order valence-electron chi connectivity index (χ1n) is 5.04. The van der Waals surface area contributed by atoms with Crippen LogP contribution in [-0.4, -0.2) is 33.2 Å². The van der Waals surface area contributed by atoms with Gasteiger partial charge >= 0.3 is 5.97 Å². The lowest BCUT2D eigenvalue weighted by Crippen LogP contribution is -2.24. The van der Waals surface area contributed by atoms with Crippen LogP contribution in [0, 0.1) is 6.92 Å². The molecule has 0 aliphatic rings. The van der Waals surface area contributed by atoms with E-state index in [9.17, 15) is 9.18 Å². The second kappa shape index (κ2) is 4.59. The minimum atomic E-state index is -0.576. The molecule has 0 fully saturated rings.